The van der Waals surface area contributed by atoms with E-state index in [1.165, 1.54) is 12.1 Å². The molecular formula is C9H8N4O. The van der Waals surface area contributed by atoms with Gasteiger partial charge in [0.1, 0.15) is 5.75 Å². The molecule has 0 aliphatic carbocycles. The summed E-state index contributed by atoms with van der Waals surface area (Å²) in [4.78, 5) is 2.61. The number of aromatic hydroxyl groups is 1. The van der Waals surface area contributed by atoms with Gasteiger partial charge in [-0.1, -0.05) is 5.11 Å². The van der Waals surface area contributed by atoms with E-state index in [2.05, 4.69) is 10.0 Å². The van der Waals surface area contributed by atoms with Gasteiger partial charge in [-0.3, -0.25) is 0 Å². The summed E-state index contributed by atoms with van der Waals surface area (Å²) < 4.78 is 0. The summed E-state index contributed by atoms with van der Waals surface area (Å²) >= 11 is 0. The summed E-state index contributed by atoms with van der Waals surface area (Å²) in [5.41, 5.74) is 9.74. The van der Waals surface area contributed by atoms with E-state index >= 15 is 0 Å². The van der Waals surface area contributed by atoms with Crippen molar-refractivity contribution < 1.29 is 5.11 Å². The van der Waals surface area contributed by atoms with E-state index < -0.39 is 0 Å². The minimum absolute atomic E-state index is 0.0830. The van der Waals surface area contributed by atoms with Crippen LogP contribution in [0.2, 0.25) is 0 Å². The second kappa shape index (κ2) is 4.17. The molecule has 1 aromatic carbocycles. The van der Waals surface area contributed by atoms with E-state index in [-0.39, 0.29) is 12.3 Å². The van der Waals surface area contributed by atoms with Crippen LogP contribution < -0.4 is 0 Å². The predicted octanol–water partition coefficient (Wildman–Crippen LogP) is 2.38. The minimum Gasteiger partial charge on any atom is -0.508 e. The van der Waals surface area contributed by atoms with Gasteiger partial charge in [-0.05, 0) is 35.7 Å². The van der Waals surface area contributed by atoms with Crippen LogP contribution in [-0.4, -0.2) is 5.11 Å². The first kappa shape index (κ1) is 9.90. The molecular weight excluding hydrogens is 180 g/mol. The lowest BCUT2D eigenvalue weighted by atomic mass is 10.0. The van der Waals surface area contributed by atoms with Crippen LogP contribution in [0, 0.1) is 18.3 Å². The van der Waals surface area contributed by atoms with Gasteiger partial charge in [0.05, 0.1) is 18.2 Å². The summed E-state index contributed by atoms with van der Waals surface area (Å²) in [6.07, 6.45) is 0. The van der Waals surface area contributed by atoms with E-state index in [1.807, 2.05) is 6.07 Å². The highest BCUT2D eigenvalue weighted by Gasteiger charge is 2.07. The van der Waals surface area contributed by atoms with E-state index in [4.69, 9.17) is 10.8 Å². The van der Waals surface area contributed by atoms with Gasteiger partial charge >= 0.3 is 0 Å². The number of phenols is 1. The lowest BCUT2D eigenvalue weighted by Crippen LogP contribution is -1.92. The van der Waals surface area contributed by atoms with Gasteiger partial charge in [-0.2, -0.15) is 5.26 Å². The Morgan fingerprint density at radius 2 is 2.36 bits per heavy atom. The fourth-order valence-electron chi connectivity index (χ4n) is 1.16. The zero-order valence-corrected chi connectivity index (χ0v) is 7.60. The number of nitrogens with zero attached hydrogens (tertiary/aromatic N) is 4. The van der Waals surface area contributed by atoms with Crippen LogP contribution in [0.5, 0.6) is 5.75 Å². The number of nitriles is 1. The first-order valence-electron chi connectivity index (χ1n) is 3.93. The van der Waals surface area contributed by atoms with Gasteiger partial charge in [0, 0.05) is 4.91 Å². The number of benzene rings is 1. The topological polar surface area (TPSA) is 92.8 Å². The summed E-state index contributed by atoms with van der Waals surface area (Å²) in [6.45, 7) is 1.76. The van der Waals surface area contributed by atoms with Crippen molar-refractivity contribution in [2.45, 2.75) is 13.5 Å². The van der Waals surface area contributed by atoms with Crippen LogP contribution in [0.25, 0.3) is 10.4 Å². The normalized spacial score (nSPS) is 8.86. The molecule has 0 amide bonds. The monoisotopic (exact) mass is 188 g/mol. The summed E-state index contributed by atoms with van der Waals surface area (Å²) in [5.74, 6) is 0.104. The van der Waals surface area contributed by atoms with Crippen molar-refractivity contribution >= 4 is 0 Å². The average Bonchev–Trinajstić information content (AvgIpc) is 2.20. The Morgan fingerprint density at radius 1 is 1.64 bits per heavy atom. The van der Waals surface area contributed by atoms with Crippen LogP contribution in [0.15, 0.2) is 17.2 Å². The van der Waals surface area contributed by atoms with Crippen molar-refractivity contribution in [2.24, 2.45) is 5.11 Å². The third kappa shape index (κ3) is 1.76. The quantitative estimate of drug-likeness (QED) is 0.438. The lowest BCUT2D eigenvalue weighted by molar-refractivity contribution is 0.470. The predicted molar refractivity (Wildman–Crippen MR) is 50.4 cm³/mol. The molecule has 0 spiro atoms. The van der Waals surface area contributed by atoms with Crippen LogP contribution >= 0.6 is 0 Å². The largest absolute Gasteiger partial charge is 0.508 e. The number of rotatable bonds is 2. The smallest absolute Gasteiger partial charge is 0.118 e. The Bertz CT molecular complexity index is 441. The fourth-order valence-corrected chi connectivity index (χ4v) is 1.16. The summed E-state index contributed by atoms with van der Waals surface area (Å²) in [6, 6.07) is 4.93. The number of hydrogen-bond donors (Lipinski definition) is 1. The SMILES string of the molecule is Cc1c(O)ccc(C#N)c1CN=[N+]=[N-]. The van der Waals surface area contributed by atoms with Crippen molar-refractivity contribution in [1.29, 1.82) is 5.26 Å². The second-order valence-corrected chi connectivity index (χ2v) is 2.74. The molecule has 5 nitrogen and oxygen atoms in total. The van der Waals surface area contributed by atoms with E-state index in [1.54, 1.807) is 6.92 Å². The maximum absolute atomic E-state index is 9.38. The van der Waals surface area contributed by atoms with Gasteiger partial charge in [0.15, 0.2) is 0 Å². The third-order valence-electron chi connectivity index (χ3n) is 1.98. The highest BCUT2D eigenvalue weighted by Crippen LogP contribution is 2.23. The molecule has 0 saturated carbocycles. The Hall–Kier alpha value is -2.18. The van der Waals surface area contributed by atoms with Gasteiger partial charge in [0.2, 0.25) is 0 Å². The molecule has 0 aliphatic rings. The molecule has 0 radical (unpaired) electrons. The Morgan fingerprint density at radius 3 is 2.93 bits per heavy atom. The Kier molecular flexibility index (Phi) is 2.95. The molecule has 14 heavy (non-hydrogen) atoms. The van der Waals surface area contributed by atoms with Crippen molar-refractivity contribution in [3.05, 3.63) is 39.3 Å². The van der Waals surface area contributed by atoms with Gasteiger partial charge < -0.3 is 5.11 Å². The van der Waals surface area contributed by atoms with Crippen LogP contribution in [0.4, 0.5) is 0 Å². The molecule has 70 valence electrons. The third-order valence-corrected chi connectivity index (χ3v) is 1.98. The average molecular weight is 188 g/mol. The first-order chi connectivity index (χ1) is 6.70. The van der Waals surface area contributed by atoms with Gasteiger partial charge in [-0.25, -0.2) is 0 Å². The summed E-state index contributed by atoms with van der Waals surface area (Å²) in [7, 11) is 0. The molecule has 0 unspecified atom stereocenters. The molecule has 0 saturated heterocycles. The molecule has 5 heteroatoms. The van der Waals surface area contributed by atoms with Crippen LogP contribution in [-0.2, 0) is 6.54 Å². The van der Waals surface area contributed by atoms with Crippen LogP contribution in [0.1, 0.15) is 16.7 Å². The van der Waals surface area contributed by atoms with E-state index in [9.17, 15) is 5.11 Å². The molecule has 0 atom stereocenters. The highest BCUT2D eigenvalue weighted by molar-refractivity contribution is 5.48. The molecule has 0 aromatic heterocycles. The van der Waals surface area contributed by atoms with Gasteiger partial charge in [0.25, 0.3) is 0 Å². The van der Waals surface area contributed by atoms with Crippen molar-refractivity contribution in [3.63, 3.8) is 0 Å². The molecule has 1 aromatic rings. The number of hydrogen-bond acceptors (Lipinski definition) is 3. The number of azide groups is 1. The first-order valence-corrected chi connectivity index (χ1v) is 3.93. The molecule has 0 bridgehead atoms. The number of phenolic OH excluding ortho intramolecular Hbond substituents is 1. The standard InChI is InChI=1S/C9H8N4O/c1-6-8(5-12-13-11)7(4-10)2-3-9(6)14/h2-3,14H,5H2,1H3. The zero-order chi connectivity index (χ0) is 10.6. The maximum Gasteiger partial charge on any atom is 0.118 e. The second-order valence-electron chi connectivity index (χ2n) is 2.74. The lowest BCUT2D eigenvalue weighted by Gasteiger charge is -2.06. The molecule has 0 aliphatic heterocycles. The molecule has 1 N–H and O–H groups in total. The zero-order valence-electron chi connectivity index (χ0n) is 7.60. The van der Waals surface area contributed by atoms with Crippen molar-refractivity contribution in [1.82, 2.24) is 0 Å². The molecule has 0 fully saturated rings. The van der Waals surface area contributed by atoms with E-state index in [0.717, 1.165) is 0 Å². The Balaban J connectivity index is 3.29. The van der Waals surface area contributed by atoms with Crippen molar-refractivity contribution in [3.8, 4) is 11.8 Å². The Labute approximate surface area is 80.8 Å². The summed E-state index contributed by atoms with van der Waals surface area (Å²) in [5, 5.41) is 21.5. The highest BCUT2D eigenvalue weighted by atomic mass is 16.3. The molecule has 0 heterocycles. The fraction of sp³-hybridized carbons (Fsp3) is 0.222. The van der Waals surface area contributed by atoms with E-state index in [0.29, 0.717) is 16.7 Å². The molecule has 1 rings (SSSR count). The maximum atomic E-state index is 9.38. The van der Waals surface area contributed by atoms with Gasteiger partial charge in [-0.15, -0.1) is 0 Å². The minimum atomic E-state index is 0.0830. The van der Waals surface area contributed by atoms with Crippen molar-refractivity contribution in [2.75, 3.05) is 0 Å². The van der Waals surface area contributed by atoms with Crippen LogP contribution in [0.3, 0.4) is 0 Å².